The van der Waals surface area contributed by atoms with Crippen molar-refractivity contribution < 1.29 is 19.1 Å². The van der Waals surface area contributed by atoms with Crippen molar-refractivity contribution in [1.29, 1.82) is 0 Å². The van der Waals surface area contributed by atoms with Gasteiger partial charge in [-0.25, -0.2) is 0 Å². The fraction of sp³-hybridized carbons (Fsp3) is 0.300. The minimum absolute atomic E-state index is 0.0150. The Hall–Kier alpha value is -2.40. The first-order chi connectivity index (χ1) is 12.2. The lowest BCUT2D eigenvalue weighted by Gasteiger charge is -2.19. The van der Waals surface area contributed by atoms with E-state index in [2.05, 4.69) is 0 Å². The number of carbonyl (C=O) groups is 2. The Bertz CT molecular complexity index is 829. The van der Waals surface area contributed by atoms with E-state index in [4.69, 9.17) is 9.47 Å². The summed E-state index contributed by atoms with van der Waals surface area (Å²) in [5, 5.41) is 1.95. The zero-order valence-corrected chi connectivity index (χ0v) is 14.5. The summed E-state index contributed by atoms with van der Waals surface area (Å²) < 4.78 is 11.2. The minimum Gasteiger partial charge on any atom is -0.452 e. The summed E-state index contributed by atoms with van der Waals surface area (Å²) in [5.74, 6) is 0.833. The Morgan fingerprint density at radius 2 is 2.04 bits per heavy atom. The predicted molar refractivity (Wildman–Crippen MR) is 95.9 cm³/mol. The van der Waals surface area contributed by atoms with Gasteiger partial charge >= 0.3 is 5.97 Å². The first-order valence-electron chi connectivity index (χ1n) is 8.54. The molecule has 5 heteroatoms. The first-order valence-corrected chi connectivity index (χ1v) is 9.42. The number of hydrogen-bond donors (Lipinski definition) is 0. The standard InChI is InChI=1S/C20H18O4S/c21-19-16-9-8-14(23-20(22)13-5-2-1-3-6-13)11-17(16)24-18(19)12-15-7-4-10-25-15/h4,7-13H,1-3,5-6H2. The summed E-state index contributed by atoms with van der Waals surface area (Å²) in [6, 6.07) is 8.80. The molecule has 25 heavy (non-hydrogen) atoms. The van der Waals surface area contributed by atoms with Crippen molar-refractivity contribution >= 4 is 29.2 Å². The van der Waals surface area contributed by atoms with Crippen molar-refractivity contribution in [3.05, 3.63) is 51.9 Å². The number of allylic oxidation sites excluding steroid dienone is 1. The smallest absolute Gasteiger partial charge is 0.314 e. The molecule has 0 spiro atoms. The van der Waals surface area contributed by atoms with Crippen LogP contribution < -0.4 is 9.47 Å². The van der Waals surface area contributed by atoms with E-state index in [1.165, 1.54) is 17.8 Å². The van der Waals surface area contributed by atoms with Crippen LogP contribution in [-0.2, 0) is 4.79 Å². The SMILES string of the molecule is O=C1C(=Cc2cccs2)Oc2cc(OC(=O)C3CCCCC3)ccc21. The lowest BCUT2D eigenvalue weighted by atomic mass is 9.89. The van der Waals surface area contributed by atoms with Crippen LogP contribution in [0, 0.1) is 5.92 Å². The zero-order valence-electron chi connectivity index (χ0n) is 13.7. The quantitative estimate of drug-likeness (QED) is 0.449. The first kappa shape index (κ1) is 16.1. The average Bonchev–Trinajstić information content (AvgIpc) is 3.24. The van der Waals surface area contributed by atoms with Crippen molar-refractivity contribution in [3.8, 4) is 11.5 Å². The van der Waals surface area contributed by atoms with Gasteiger partial charge in [-0.1, -0.05) is 25.3 Å². The number of ether oxygens (including phenoxy) is 2. The Morgan fingerprint density at radius 3 is 2.80 bits per heavy atom. The van der Waals surface area contributed by atoms with E-state index in [0.29, 0.717) is 22.8 Å². The molecule has 1 aliphatic heterocycles. The van der Waals surface area contributed by atoms with Crippen LogP contribution >= 0.6 is 11.3 Å². The van der Waals surface area contributed by atoms with Crippen molar-refractivity contribution in [2.75, 3.05) is 0 Å². The third-order valence-corrected chi connectivity index (χ3v) is 5.43. The van der Waals surface area contributed by atoms with Crippen LogP contribution in [0.25, 0.3) is 6.08 Å². The van der Waals surface area contributed by atoms with Gasteiger partial charge in [0.25, 0.3) is 0 Å². The summed E-state index contributed by atoms with van der Waals surface area (Å²) in [7, 11) is 0. The molecule has 0 saturated heterocycles. The third kappa shape index (κ3) is 3.37. The van der Waals surface area contributed by atoms with Crippen LogP contribution in [0.2, 0.25) is 0 Å². The molecule has 0 amide bonds. The number of rotatable bonds is 3. The van der Waals surface area contributed by atoms with Crippen LogP contribution in [0.15, 0.2) is 41.5 Å². The van der Waals surface area contributed by atoms with Gasteiger partial charge < -0.3 is 9.47 Å². The van der Waals surface area contributed by atoms with Gasteiger partial charge in [0.05, 0.1) is 11.5 Å². The van der Waals surface area contributed by atoms with Gasteiger partial charge in [-0.15, -0.1) is 11.3 Å². The lowest BCUT2D eigenvalue weighted by molar-refractivity contribution is -0.139. The highest BCUT2D eigenvalue weighted by Gasteiger charge is 2.29. The summed E-state index contributed by atoms with van der Waals surface area (Å²) in [4.78, 5) is 25.6. The van der Waals surface area contributed by atoms with E-state index >= 15 is 0 Å². The fourth-order valence-electron chi connectivity index (χ4n) is 3.27. The summed E-state index contributed by atoms with van der Waals surface area (Å²) in [5.41, 5.74) is 0.500. The number of carbonyl (C=O) groups excluding carboxylic acids is 2. The molecule has 1 aromatic heterocycles. The molecule has 4 rings (SSSR count). The maximum atomic E-state index is 12.4. The van der Waals surface area contributed by atoms with Crippen LogP contribution in [0.1, 0.15) is 47.3 Å². The molecule has 0 bridgehead atoms. The largest absolute Gasteiger partial charge is 0.452 e. The number of fused-ring (bicyclic) bond motifs is 1. The molecule has 128 valence electrons. The Labute approximate surface area is 150 Å². The van der Waals surface area contributed by atoms with Gasteiger partial charge in [-0.3, -0.25) is 9.59 Å². The van der Waals surface area contributed by atoms with Gasteiger partial charge in [0.15, 0.2) is 5.76 Å². The zero-order chi connectivity index (χ0) is 17.2. The number of ketones is 1. The van der Waals surface area contributed by atoms with E-state index in [1.807, 2.05) is 17.5 Å². The van der Waals surface area contributed by atoms with Gasteiger partial charge in [0.2, 0.25) is 5.78 Å². The van der Waals surface area contributed by atoms with Crippen molar-refractivity contribution in [3.63, 3.8) is 0 Å². The molecule has 2 heterocycles. The third-order valence-electron chi connectivity index (χ3n) is 4.61. The number of Topliss-reactive ketones (excluding diaryl/α,β-unsaturated/α-hetero) is 1. The summed E-state index contributed by atoms with van der Waals surface area (Å²) in [6.45, 7) is 0. The molecule has 0 unspecified atom stereocenters. The fourth-order valence-corrected chi connectivity index (χ4v) is 3.92. The number of esters is 1. The van der Waals surface area contributed by atoms with Crippen molar-refractivity contribution in [2.45, 2.75) is 32.1 Å². The topological polar surface area (TPSA) is 52.6 Å². The molecule has 4 nitrogen and oxygen atoms in total. The second-order valence-electron chi connectivity index (χ2n) is 6.37. The van der Waals surface area contributed by atoms with Gasteiger partial charge in [0, 0.05) is 17.0 Å². The van der Waals surface area contributed by atoms with E-state index < -0.39 is 0 Å². The van der Waals surface area contributed by atoms with Crippen LogP contribution in [0.4, 0.5) is 0 Å². The second-order valence-corrected chi connectivity index (χ2v) is 7.35. The van der Waals surface area contributed by atoms with Crippen molar-refractivity contribution in [1.82, 2.24) is 0 Å². The highest BCUT2D eigenvalue weighted by Crippen LogP contribution is 2.36. The number of thiophene rings is 1. The highest BCUT2D eigenvalue weighted by atomic mass is 32.1. The predicted octanol–water partition coefficient (Wildman–Crippen LogP) is 4.85. The van der Waals surface area contributed by atoms with E-state index in [0.717, 1.165) is 30.6 Å². The maximum absolute atomic E-state index is 12.4. The van der Waals surface area contributed by atoms with Crippen LogP contribution in [0.5, 0.6) is 11.5 Å². The summed E-state index contributed by atoms with van der Waals surface area (Å²) >= 11 is 1.54. The van der Waals surface area contributed by atoms with Gasteiger partial charge in [0.1, 0.15) is 11.5 Å². The number of hydrogen-bond acceptors (Lipinski definition) is 5. The lowest BCUT2D eigenvalue weighted by Crippen LogP contribution is -2.22. The Morgan fingerprint density at radius 1 is 1.20 bits per heavy atom. The Kier molecular flexibility index (Phi) is 4.40. The van der Waals surface area contributed by atoms with Crippen LogP contribution in [-0.4, -0.2) is 11.8 Å². The molecular weight excluding hydrogens is 336 g/mol. The molecule has 0 radical (unpaired) electrons. The van der Waals surface area contributed by atoms with E-state index in [1.54, 1.807) is 24.3 Å². The monoisotopic (exact) mass is 354 g/mol. The van der Waals surface area contributed by atoms with E-state index in [-0.39, 0.29) is 17.7 Å². The highest BCUT2D eigenvalue weighted by molar-refractivity contribution is 7.10. The minimum atomic E-state index is -0.182. The second kappa shape index (κ2) is 6.84. The molecule has 0 atom stereocenters. The average molecular weight is 354 g/mol. The molecule has 2 aliphatic rings. The molecule has 0 N–H and O–H groups in total. The molecule has 1 saturated carbocycles. The van der Waals surface area contributed by atoms with E-state index in [9.17, 15) is 9.59 Å². The molecular formula is C20H18O4S. The maximum Gasteiger partial charge on any atom is 0.314 e. The van der Waals surface area contributed by atoms with Gasteiger partial charge in [-0.05, 0) is 36.4 Å². The van der Waals surface area contributed by atoms with Crippen molar-refractivity contribution in [2.24, 2.45) is 5.92 Å². The normalized spacial score (nSPS) is 18.9. The summed E-state index contributed by atoms with van der Waals surface area (Å²) in [6.07, 6.45) is 6.88. The van der Waals surface area contributed by atoms with Crippen LogP contribution in [0.3, 0.4) is 0 Å². The Balaban J connectivity index is 1.50. The molecule has 1 aliphatic carbocycles. The number of benzene rings is 1. The molecule has 1 fully saturated rings. The van der Waals surface area contributed by atoms with Gasteiger partial charge in [-0.2, -0.15) is 0 Å². The molecule has 2 aromatic rings. The molecule has 1 aromatic carbocycles.